The summed E-state index contributed by atoms with van der Waals surface area (Å²) in [6, 6.07) is 22.9. The van der Waals surface area contributed by atoms with Crippen LogP contribution in [0.15, 0.2) is 78.6 Å². The van der Waals surface area contributed by atoms with Gasteiger partial charge in [-0.3, -0.25) is 4.79 Å². The summed E-state index contributed by atoms with van der Waals surface area (Å²) in [5.41, 5.74) is 3.56. The second-order valence-corrected chi connectivity index (χ2v) is 7.10. The molecule has 3 aromatic rings. The fourth-order valence-electron chi connectivity index (χ4n) is 3.31. The molecule has 0 N–H and O–H groups in total. The van der Waals surface area contributed by atoms with E-state index in [9.17, 15) is 9.59 Å². The molecule has 1 atom stereocenters. The molecular formula is C26H22O5. The van der Waals surface area contributed by atoms with Gasteiger partial charge in [0, 0.05) is 6.07 Å². The van der Waals surface area contributed by atoms with Gasteiger partial charge < -0.3 is 14.2 Å². The number of fused-ring (bicyclic) bond motifs is 1. The van der Waals surface area contributed by atoms with Crippen molar-refractivity contribution in [1.29, 1.82) is 0 Å². The fourth-order valence-corrected chi connectivity index (χ4v) is 3.31. The average Bonchev–Trinajstić information content (AvgIpc) is 3.09. The minimum absolute atomic E-state index is 0.188. The number of allylic oxidation sites excluding steroid dienone is 1. The summed E-state index contributed by atoms with van der Waals surface area (Å²) in [4.78, 5) is 24.5. The highest BCUT2D eigenvalue weighted by atomic mass is 16.6. The van der Waals surface area contributed by atoms with E-state index < -0.39 is 12.1 Å². The van der Waals surface area contributed by atoms with Crippen LogP contribution in [0.2, 0.25) is 0 Å². The molecule has 1 aliphatic heterocycles. The third kappa shape index (κ3) is 4.51. The average molecular weight is 414 g/mol. The van der Waals surface area contributed by atoms with Crippen LogP contribution < -0.4 is 9.47 Å². The maximum absolute atomic E-state index is 12.7. The molecule has 0 saturated carbocycles. The third-order valence-electron chi connectivity index (χ3n) is 4.89. The zero-order valence-electron chi connectivity index (χ0n) is 17.3. The Morgan fingerprint density at radius 1 is 1.00 bits per heavy atom. The number of benzene rings is 3. The van der Waals surface area contributed by atoms with Crippen LogP contribution in [0.25, 0.3) is 17.2 Å². The molecule has 0 spiro atoms. The Kier molecular flexibility index (Phi) is 5.85. The lowest BCUT2D eigenvalue weighted by Crippen LogP contribution is -2.26. The van der Waals surface area contributed by atoms with Crippen LogP contribution in [-0.4, -0.2) is 24.5 Å². The molecule has 1 unspecified atom stereocenters. The van der Waals surface area contributed by atoms with E-state index in [0.29, 0.717) is 17.1 Å². The van der Waals surface area contributed by atoms with Crippen molar-refractivity contribution < 1.29 is 23.8 Å². The zero-order chi connectivity index (χ0) is 21.8. The lowest BCUT2D eigenvalue weighted by molar-refractivity contribution is -0.150. The first-order valence-electron chi connectivity index (χ1n) is 10.1. The van der Waals surface area contributed by atoms with Gasteiger partial charge >= 0.3 is 5.97 Å². The van der Waals surface area contributed by atoms with Crippen molar-refractivity contribution in [2.45, 2.75) is 20.0 Å². The molecule has 1 heterocycles. The van der Waals surface area contributed by atoms with Crippen molar-refractivity contribution in [1.82, 2.24) is 0 Å². The molecule has 0 saturated heterocycles. The minimum atomic E-state index is -0.756. The van der Waals surface area contributed by atoms with E-state index >= 15 is 0 Å². The number of hydrogen-bond acceptors (Lipinski definition) is 5. The van der Waals surface area contributed by atoms with Crippen LogP contribution in [0, 0.1) is 0 Å². The van der Waals surface area contributed by atoms with E-state index in [4.69, 9.17) is 14.2 Å². The monoisotopic (exact) mass is 414 g/mol. The number of ketones is 1. The Labute approximate surface area is 180 Å². The zero-order valence-corrected chi connectivity index (χ0v) is 17.3. The van der Waals surface area contributed by atoms with E-state index in [1.807, 2.05) is 42.5 Å². The fraction of sp³-hybridized carbons (Fsp3) is 0.154. The smallest absolute Gasteiger partial charge is 0.347 e. The van der Waals surface area contributed by atoms with Gasteiger partial charge in [0.15, 0.2) is 11.9 Å². The molecule has 156 valence electrons. The molecule has 0 aromatic heterocycles. The molecule has 0 aliphatic carbocycles. The minimum Gasteiger partial charge on any atom is -0.479 e. The number of rotatable bonds is 6. The lowest BCUT2D eigenvalue weighted by atomic mass is 10.0. The molecule has 31 heavy (non-hydrogen) atoms. The van der Waals surface area contributed by atoms with Crippen LogP contribution in [-0.2, 0) is 9.53 Å². The van der Waals surface area contributed by atoms with Gasteiger partial charge in [0.05, 0.1) is 12.2 Å². The van der Waals surface area contributed by atoms with Crippen molar-refractivity contribution in [3.63, 3.8) is 0 Å². The molecule has 0 radical (unpaired) electrons. The summed E-state index contributed by atoms with van der Waals surface area (Å²) in [5.74, 6) is 0.455. The van der Waals surface area contributed by atoms with Crippen LogP contribution in [0.1, 0.15) is 29.8 Å². The summed E-state index contributed by atoms with van der Waals surface area (Å²) in [6.07, 6.45) is 0.965. The Balaban J connectivity index is 1.50. The van der Waals surface area contributed by atoms with Crippen molar-refractivity contribution in [3.8, 4) is 22.6 Å². The van der Waals surface area contributed by atoms with E-state index in [2.05, 4.69) is 12.1 Å². The van der Waals surface area contributed by atoms with Crippen LogP contribution in [0.4, 0.5) is 0 Å². The van der Waals surface area contributed by atoms with E-state index in [-0.39, 0.29) is 18.1 Å². The summed E-state index contributed by atoms with van der Waals surface area (Å²) < 4.78 is 16.3. The normalized spacial score (nSPS) is 14.6. The number of carbonyl (C=O) groups is 2. The quantitative estimate of drug-likeness (QED) is 0.405. The number of hydrogen-bond donors (Lipinski definition) is 0. The SMILES string of the molecule is CCOC(=O)C(C)Oc1ccc2c(c1)O/C(=C\c1ccc(-c3ccccc3)cc1)C2=O. The third-order valence-corrected chi connectivity index (χ3v) is 4.89. The van der Waals surface area contributed by atoms with Gasteiger partial charge in [-0.25, -0.2) is 4.79 Å². The predicted octanol–water partition coefficient (Wildman–Crippen LogP) is 5.30. The maximum atomic E-state index is 12.7. The topological polar surface area (TPSA) is 61.8 Å². The first-order valence-corrected chi connectivity index (χ1v) is 10.1. The first kappa shape index (κ1) is 20.4. The van der Waals surface area contributed by atoms with E-state index in [1.165, 1.54) is 0 Å². The Morgan fingerprint density at radius 3 is 2.42 bits per heavy atom. The molecular weight excluding hydrogens is 392 g/mol. The van der Waals surface area contributed by atoms with Crippen molar-refractivity contribution in [2.24, 2.45) is 0 Å². The van der Waals surface area contributed by atoms with Gasteiger partial charge in [-0.2, -0.15) is 0 Å². The second kappa shape index (κ2) is 8.88. The van der Waals surface area contributed by atoms with Gasteiger partial charge in [0.25, 0.3) is 0 Å². The van der Waals surface area contributed by atoms with Crippen LogP contribution in [0.3, 0.4) is 0 Å². The predicted molar refractivity (Wildman–Crippen MR) is 118 cm³/mol. The molecule has 0 bridgehead atoms. The van der Waals surface area contributed by atoms with Gasteiger partial charge in [-0.05, 0) is 48.7 Å². The van der Waals surface area contributed by atoms with Crippen LogP contribution >= 0.6 is 0 Å². The first-order chi connectivity index (χ1) is 15.0. The highest BCUT2D eigenvalue weighted by Gasteiger charge is 2.28. The molecule has 4 rings (SSSR count). The van der Waals surface area contributed by atoms with E-state index in [1.54, 1.807) is 38.1 Å². The maximum Gasteiger partial charge on any atom is 0.347 e. The van der Waals surface area contributed by atoms with Crippen LogP contribution in [0.5, 0.6) is 11.5 Å². The summed E-state index contributed by atoms with van der Waals surface area (Å²) in [7, 11) is 0. The molecule has 1 aliphatic rings. The number of esters is 1. The Morgan fingerprint density at radius 2 is 1.71 bits per heavy atom. The summed E-state index contributed by atoms with van der Waals surface area (Å²) >= 11 is 0. The van der Waals surface area contributed by atoms with Crippen molar-refractivity contribution in [2.75, 3.05) is 6.61 Å². The summed E-state index contributed by atoms with van der Waals surface area (Å²) in [5, 5.41) is 0. The molecule has 0 fully saturated rings. The number of ether oxygens (including phenoxy) is 3. The molecule has 5 heteroatoms. The van der Waals surface area contributed by atoms with Crippen molar-refractivity contribution in [3.05, 3.63) is 89.7 Å². The lowest BCUT2D eigenvalue weighted by Gasteiger charge is -2.13. The van der Waals surface area contributed by atoms with Gasteiger partial charge in [-0.1, -0.05) is 54.6 Å². The highest BCUT2D eigenvalue weighted by Crippen LogP contribution is 2.35. The Bertz CT molecular complexity index is 1130. The summed E-state index contributed by atoms with van der Waals surface area (Å²) in [6.45, 7) is 3.64. The molecule has 3 aromatic carbocycles. The molecule has 5 nitrogen and oxygen atoms in total. The molecule has 0 amide bonds. The van der Waals surface area contributed by atoms with Crippen molar-refractivity contribution >= 4 is 17.8 Å². The van der Waals surface area contributed by atoms with Gasteiger partial charge in [0.1, 0.15) is 11.5 Å². The van der Waals surface area contributed by atoms with E-state index in [0.717, 1.165) is 16.7 Å². The second-order valence-electron chi connectivity index (χ2n) is 7.10. The van der Waals surface area contributed by atoms with Gasteiger partial charge in [-0.15, -0.1) is 0 Å². The number of carbonyl (C=O) groups excluding carboxylic acids is 2. The largest absolute Gasteiger partial charge is 0.479 e. The van der Waals surface area contributed by atoms with Gasteiger partial charge in [0.2, 0.25) is 5.78 Å². The number of Topliss-reactive ketones (excluding diaryl/α,β-unsaturated/α-hetero) is 1. The standard InChI is InChI=1S/C26H22O5/c1-3-29-26(28)17(2)30-21-13-14-22-23(16-21)31-24(25(22)27)15-18-9-11-20(12-10-18)19-7-5-4-6-8-19/h4-17H,3H2,1-2H3/b24-15-. The highest BCUT2D eigenvalue weighted by molar-refractivity contribution is 6.14. The Hall–Kier alpha value is -3.86.